The molecule has 3 fully saturated rings. The average molecular weight is 728 g/mol. The number of carbonyl (C=O) groups is 3. The number of fused-ring (bicyclic) bond motifs is 2. The number of hydrogen-bond acceptors (Lipinski definition) is 8. The van der Waals surface area contributed by atoms with Crippen LogP contribution in [-0.2, 0) is 19.4 Å². The summed E-state index contributed by atoms with van der Waals surface area (Å²) in [6.07, 6.45) is 3.35. The van der Waals surface area contributed by atoms with Gasteiger partial charge in [-0.05, 0) is 102 Å². The summed E-state index contributed by atoms with van der Waals surface area (Å²) in [5.74, 6) is -3.10. The van der Waals surface area contributed by atoms with Crippen molar-refractivity contribution in [3.05, 3.63) is 47.8 Å². The molecular weight excluding hydrogens is 686 g/mol. The van der Waals surface area contributed by atoms with Gasteiger partial charge in [-0.2, -0.15) is 13.2 Å². The number of carbonyl (C=O) groups excluding carboxylic acids is 3. The summed E-state index contributed by atoms with van der Waals surface area (Å²) in [5.41, 5.74) is -6.30. The predicted octanol–water partition coefficient (Wildman–Crippen LogP) is 6.13. The van der Waals surface area contributed by atoms with E-state index in [4.69, 9.17) is 14.2 Å². The molecule has 0 saturated heterocycles. The molecule has 0 spiro atoms. The molecule has 3 aliphatic carbocycles. The summed E-state index contributed by atoms with van der Waals surface area (Å²) in [6.45, 7) is 5.31. The van der Waals surface area contributed by atoms with Crippen LogP contribution in [-0.4, -0.2) is 62.7 Å². The number of hydrogen-bond donors (Lipinski definition) is 3. The topological polar surface area (TPSA) is 149 Å². The predicted molar refractivity (Wildman–Crippen MR) is 173 cm³/mol. The van der Waals surface area contributed by atoms with Gasteiger partial charge in [0.25, 0.3) is 15.7 Å². The van der Waals surface area contributed by atoms with Crippen LogP contribution in [0.4, 0.5) is 28.0 Å². The zero-order valence-electron chi connectivity index (χ0n) is 28.1. The van der Waals surface area contributed by atoms with Crippen molar-refractivity contribution < 1.29 is 54.6 Å². The van der Waals surface area contributed by atoms with Gasteiger partial charge in [0.05, 0.1) is 29.6 Å². The van der Waals surface area contributed by atoms with Crippen LogP contribution in [0.15, 0.2) is 41.3 Å². The molecule has 2 bridgehead atoms. The molecule has 0 heterocycles. The van der Waals surface area contributed by atoms with Crippen LogP contribution in [0.3, 0.4) is 0 Å². The number of nitrogens with one attached hydrogen (secondary N) is 3. The first-order valence-corrected chi connectivity index (χ1v) is 17.9. The summed E-state index contributed by atoms with van der Waals surface area (Å²) in [6, 6.07) is 5.44. The van der Waals surface area contributed by atoms with E-state index < -0.39 is 61.5 Å². The van der Waals surface area contributed by atoms with E-state index in [9.17, 15) is 36.0 Å². The van der Waals surface area contributed by atoms with Crippen molar-refractivity contribution in [2.24, 2.45) is 17.8 Å². The third-order valence-corrected chi connectivity index (χ3v) is 10.9. The number of rotatable bonds is 9. The molecule has 2 aromatic rings. The molecular formula is C34H41F4N3O8S. The van der Waals surface area contributed by atoms with Gasteiger partial charge in [0.1, 0.15) is 11.4 Å². The number of amides is 3. The van der Waals surface area contributed by atoms with Crippen molar-refractivity contribution in [1.29, 1.82) is 0 Å². The van der Waals surface area contributed by atoms with Gasteiger partial charge in [0, 0.05) is 23.8 Å². The maximum Gasteiger partial charge on any atom is 0.501 e. The lowest BCUT2D eigenvalue weighted by Crippen LogP contribution is -2.48. The molecule has 5 rings (SSSR count). The number of ether oxygens (including phenoxy) is 3. The molecule has 3 aliphatic rings. The van der Waals surface area contributed by atoms with Gasteiger partial charge in [-0.15, -0.1) is 0 Å². The second-order valence-corrected chi connectivity index (χ2v) is 16.0. The minimum absolute atomic E-state index is 0.0174. The highest BCUT2D eigenvalue weighted by atomic mass is 32.2. The Morgan fingerprint density at radius 2 is 1.56 bits per heavy atom. The van der Waals surface area contributed by atoms with E-state index in [0.717, 1.165) is 30.7 Å². The molecule has 0 aliphatic heterocycles. The van der Waals surface area contributed by atoms with Gasteiger partial charge < -0.3 is 30.2 Å². The first-order chi connectivity index (χ1) is 23.4. The molecule has 3 saturated carbocycles. The van der Waals surface area contributed by atoms with Crippen molar-refractivity contribution in [2.75, 3.05) is 12.4 Å². The van der Waals surface area contributed by atoms with Gasteiger partial charge >= 0.3 is 11.6 Å². The molecule has 11 nitrogen and oxygen atoms in total. The Morgan fingerprint density at radius 3 is 2.20 bits per heavy atom. The van der Waals surface area contributed by atoms with Crippen molar-refractivity contribution in [3.8, 4) is 11.5 Å². The van der Waals surface area contributed by atoms with Gasteiger partial charge in [-0.3, -0.25) is 9.59 Å². The van der Waals surface area contributed by atoms with Crippen molar-refractivity contribution >= 4 is 33.4 Å². The smallest absolute Gasteiger partial charge is 0.496 e. The Hall–Kier alpha value is -4.08. The zero-order chi connectivity index (χ0) is 36.6. The molecule has 0 unspecified atom stereocenters. The summed E-state index contributed by atoms with van der Waals surface area (Å²) in [4.78, 5) is 38.4. The number of methoxy groups -OCH3 is 1. The van der Waals surface area contributed by atoms with Gasteiger partial charge in [0.15, 0.2) is 11.6 Å². The fourth-order valence-electron chi connectivity index (χ4n) is 7.16. The Kier molecular flexibility index (Phi) is 10.6. The summed E-state index contributed by atoms with van der Waals surface area (Å²) in [7, 11) is -4.35. The molecule has 50 heavy (non-hydrogen) atoms. The first kappa shape index (κ1) is 37.2. The quantitative estimate of drug-likeness (QED) is 0.262. The first-order valence-electron chi connectivity index (χ1n) is 16.4. The highest BCUT2D eigenvalue weighted by Gasteiger charge is 2.52. The molecule has 0 aromatic heterocycles. The number of sulfone groups is 1. The number of alkyl halides is 3. The fourth-order valence-corrected chi connectivity index (χ4v) is 7.96. The van der Waals surface area contributed by atoms with Gasteiger partial charge in [-0.25, -0.2) is 17.6 Å². The van der Waals surface area contributed by atoms with Crippen LogP contribution in [0.2, 0.25) is 0 Å². The van der Waals surface area contributed by atoms with Gasteiger partial charge in [0.2, 0.25) is 5.91 Å². The molecule has 2 aromatic carbocycles. The van der Waals surface area contributed by atoms with Crippen LogP contribution in [0.1, 0.15) is 76.1 Å². The number of anilines is 1. The Morgan fingerprint density at radius 1 is 0.880 bits per heavy atom. The van der Waals surface area contributed by atoms with Crippen LogP contribution < -0.4 is 25.4 Å². The van der Waals surface area contributed by atoms with Crippen molar-refractivity contribution in [1.82, 2.24) is 10.6 Å². The zero-order valence-corrected chi connectivity index (χ0v) is 28.9. The molecule has 16 heteroatoms. The average Bonchev–Trinajstić information content (AvgIpc) is 3.63. The van der Waals surface area contributed by atoms with Crippen LogP contribution in [0.5, 0.6) is 11.5 Å². The largest absolute Gasteiger partial charge is 0.501 e. The molecule has 3 N–H and O–H groups in total. The van der Waals surface area contributed by atoms with E-state index in [1.807, 2.05) is 0 Å². The lowest BCUT2D eigenvalue weighted by atomic mass is 9.83. The molecule has 4 atom stereocenters. The lowest BCUT2D eigenvalue weighted by Gasteiger charge is -2.31. The van der Waals surface area contributed by atoms with E-state index in [0.29, 0.717) is 38.5 Å². The molecule has 3 amide bonds. The van der Waals surface area contributed by atoms with E-state index in [1.165, 1.54) is 19.2 Å². The standard InChI is InChI=1S/C34H41F4N3O8S/c1-33(2,3)49-32(44)40-20-10-12-22(13-11-20)48-27-16-24(26(47-4)17-25(27)35)30(42)41-29-19-9-8-18(14-19)28(29)31(43)39-21-6-5-7-23(15-21)50(45,46)34(36,37)38/h5-7,15-20,22,28-29H,8-14H2,1-4H3,(H,39,43)(H,40,44)(H,41,42)/t18-,19+,20?,22?,28+,29-/m1/s1. The Labute approximate surface area is 287 Å². The van der Waals surface area contributed by atoms with Crippen LogP contribution >= 0.6 is 0 Å². The van der Waals surface area contributed by atoms with Crippen molar-refractivity contribution in [3.63, 3.8) is 0 Å². The van der Waals surface area contributed by atoms with Crippen LogP contribution in [0, 0.1) is 23.6 Å². The van der Waals surface area contributed by atoms with Crippen molar-refractivity contribution in [2.45, 2.75) is 99.9 Å². The number of alkyl carbamates (subject to hydrolysis) is 1. The summed E-state index contributed by atoms with van der Waals surface area (Å²) >= 11 is 0. The third kappa shape index (κ3) is 8.27. The van der Waals surface area contributed by atoms with E-state index in [2.05, 4.69) is 16.0 Å². The normalized spacial score (nSPS) is 25.0. The lowest BCUT2D eigenvalue weighted by molar-refractivity contribution is -0.122. The summed E-state index contributed by atoms with van der Waals surface area (Å²) < 4.78 is 94.9. The minimum atomic E-state index is -5.63. The SMILES string of the molecule is COc1cc(F)c(OC2CCC(NC(=O)OC(C)(C)C)CC2)cc1C(=O)N[C@@H]1[C@H]2CC[C@H](C2)[C@@H]1C(=O)Nc1cccc(S(=O)(=O)C(F)(F)F)c1. The van der Waals surface area contributed by atoms with Crippen LogP contribution in [0.25, 0.3) is 0 Å². The van der Waals surface area contributed by atoms with E-state index in [-0.39, 0.29) is 46.7 Å². The second-order valence-electron chi connectivity index (χ2n) is 14.0. The summed E-state index contributed by atoms with van der Waals surface area (Å²) in [5, 5.41) is 8.29. The van der Waals surface area contributed by atoms with E-state index >= 15 is 4.39 Å². The molecule has 274 valence electrons. The maximum atomic E-state index is 15.1. The molecule has 0 radical (unpaired) electrons. The monoisotopic (exact) mass is 727 g/mol. The number of benzene rings is 2. The number of halogens is 4. The second kappa shape index (κ2) is 14.3. The van der Waals surface area contributed by atoms with Gasteiger partial charge in [-0.1, -0.05) is 6.07 Å². The minimum Gasteiger partial charge on any atom is -0.496 e. The Bertz CT molecular complexity index is 1720. The van der Waals surface area contributed by atoms with E-state index in [1.54, 1.807) is 20.8 Å². The Balaban J connectivity index is 1.26. The highest BCUT2D eigenvalue weighted by Crippen LogP contribution is 2.49. The maximum absolute atomic E-state index is 15.1. The highest BCUT2D eigenvalue weighted by molar-refractivity contribution is 7.92. The third-order valence-electron chi connectivity index (χ3n) is 9.42. The fraction of sp³-hybridized carbons (Fsp3) is 0.559.